The lowest BCUT2D eigenvalue weighted by Crippen LogP contribution is -2.31. The van der Waals surface area contributed by atoms with Gasteiger partial charge in [0.2, 0.25) is 5.91 Å². The summed E-state index contributed by atoms with van der Waals surface area (Å²) in [5.41, 5.74) is 0.971. The van der Waals surface area contributed by atoms with E-state index in [1.54, 1.807) is 32.4 Å². The van der Waals surface area contributed by atoms with Gasteiger partial charge in [0.05, 0.1) is 19.8 Å². The summed E-state index contributed by atoms with van der Waals surface area (Å²) in [4.78, 5) is 32.0. The van der Waals surface area contributed by atoms with Gasteiger partial charge in [-0.25, -0.2) is 4.98 Å². The summed E-state index contributed by atoms with van der Waals surface area (Å²) in [6, 6.07) is 5.37. The van der Waals surface area contributed by atoms with Crippen LogP contribution in [0.1, 0.15) is 23.5 Å². The minimum absolute atomic E-state index is 0.159. The van der Waals surface area contributed by atoms with Gasteiger partial charge in [-0.1, -0.05) is 23.9 Å². The van der Waals surface area contributed by atoms with Crippen LogP contribution in [0, 0.1) is 0 Å². The van der Waals surface area contributed by atoms with E-state index in [0.717, 1.165) is 5.56 Å². The molecule has 1 aliphatic heterocycles. The van der Waals surface area contributed by atoms with Crippen molar-refractivity contribution in [3.8, 4) is 11.5 Å². The average Bonchev–Trinajstić information content (AvgIpc) is 2.64. The predicted molar refractivity (Wildman–Crippen MR) is 100 cm³/mol. The Balaban J connectivity index is 2.07. The first-order chi connectivity index (χ1) is 12.6. The number of ether oxygens (including phenoxy) is 2. The molecule has 1 atom stereocenters. The van der Waals surface area contributed by atoms with E-state index in [1.807, 2.05) is 6.07 Å². The number of thioether (sulfide) groups is 1. The molecular formula is C18H19N3O4S. The number of carbonyl (C=O) groups excluding carboxylic acids is 1. The zero-order valence-electron chi connectivity index (χ0n) is 14.5. The molecule has 0 radical (unpaired) electrons. The average molecular weight is 373 g/mol. The van der Waals surface area contributed by atoms with E-state index in [1.165, 1.54) is 11.8 Å². The van der Waals surface area contributed by atoms with Crippen LogP contribution < -0.4 is 20.3 Å². The maximum Gasteiger partial charge on any atom is 0.257 e. The van der Waals surface area contributed by atoms with Gasteiger partial charge in [-0.3, -0.25) is 9.59 Å². The molecule has 0 spiro atoms. The van der Waals surface area contributed by atoms with Crippen LogP contribution in [0.5, 0.6) is 11.5 Å². The molecule has 0 fully saturated rings. The molecule has 7 nitrogen and oxygen atoms in total. The summed E-state index contributed by atoms with van der Waals surface area (Å²) >= 11 is 1.34. The van der Waals surface area contributed by atoms with Gasteiger partial charge in [-0.05, 0) is 17.7 Å². The van der Waals surface area contributed by atoms with Gasteiger partial charge in [0, 0.05) is 18.1 Å². The Morgan fingerprint density at radius 3 is 2.77 bits per heavy atom. The van der Waals surface area contributed by atoms with Crippen LogP contribution in [0.3, 0.4) is 0 Å². The molecule has 1 amide bonds. The first-order valence-corrected chi connectivity index (χ1v) is 8.95. The highest BCUT2D eigenvalue weighted by Gasteiger charge is 2.31. The number of hydrogen-bond donors (Lipinski definition) is 2. The van der Waals surface area contributed by atoms with E-state index in [2.05, 4.69) is 21.9 Å². The Kier molecular flexibility index (Phi) is 5.32. The molecule has 136 valence electrons. The second-order valence-corrected chi connectivity index (χ2v) is 6.66. The number of hydrogen-bond acceptors (Lipinski definition) is 6. The monoisotopic (exact) mass is 373 g/mol. The molecule has 1 aliphatic rings. The van der Waals surface area contributed by atoms with Crippen molar-refractivity contribution in [2.24, 2.45) is 0 Å². The number of aromatic nitrogens is 2. The maximum atomic E-state index is 12.7. The zero-order valence-corrected chi connectivity index (χ0v) is 15.3. The number of amides is 1. The quantitative estimate of drug-likeness (QED) is 0.459. The predicted octanol–water partition coefficient (Wildman–Crippen LogP) is 2.54. The fourth-order valence-electron chi connectivity index (χ4n) is 2.91. The molecule has 3 rings (SSSR count). The molecule has 8 heteroatoms. The minimum atomic E-state index is -0.409. The second kappa shape index (κ2) is 7.65. The maximum absolute atomic E-state index is 12.7. The standard InChI is InChI=1S/C18H19N3O4S/c1-4-7-26-18-20-16-15(17(23)21-18)11(9-14(22)19-16)10-5-6-12(24-2)13(8-10)25-3/h4-6,8,11H,1,7,9H2,2-3H3,(H2,19,20,21,22,23)/t11-/m1/s1. The molecular weight excluding hydrogens is 354 g/mol. The van der Waals surface area contributed by atoms with Gasteiger partial charge < -0.3 is 19.8 Å². The topological polar surface area (TPSA) is 93.3 Å². The third-order valence-electron chi connectivity index (χ3n) is 4.08. The Bertz CT molecular complexity index is 910. The molecule has 1 aromatic carbocycles. The molecule has 0 saturated carbocycles. The van der Waals surface area contributed by atoms with Crippen molar-refractivity contribution in [2.75, 3.05) is 25.3 Å². The van der Waals surface area contributed by atoms with Crippen molar-refractivity contribution in [3.05, 3.63) is 52.3 Å². The van der Waals surface area contributed by atoms with Crippen molar-refractivity contribution in [1.82, 2.24) is 9.97 Å². The lowest BCUT2D eigenvalue weighted by atomic mass is 9.86. The molecule has 0 saturated heterocycles. The summed E-state index contributed by atoms with van der Waals surface area (Å²) in [6.45, 7) is 3.65. The number of carbonyl (C=O) groups is 1. The van der Waals surface area contributed by atoms with E-state index < -0.39 is 5.92 Å². The van der Waals surface area contributed by atoms with E-state index >= 15 is 0 Å². The number of benzene rings is 1. The van der Waals surface area contributed by atoms with E-state index in [-0.39, 0.29) is 17.9 Å². The van der Waals surface area contributed by atoms with Gasteiger partial charge >= 0.3 is 0 Å². The van der Waals surface area contributed by atoms with Crippen LogP contribution in [-0.4, -0.2) is 35.8 Å². The Morgan fingerprint density at radius 1 is 1.31 bits per heavy atom. The molecule has 2 N–H and O–H groups in total. The van der Waals surface area contributed by atoms with Crippen LogP contribution >= 0.6 is 11.8 Å². The highest BCUT2D eigenvalue weighted by molar-refractivity contribution is 7.99. The molecule has 0 bridgehead atoms. The molecule has 0 aliphatic carbocycles. The van der Waals surface area contributed by atoms with E-state index in [4.69, 9.17) is 9.47 Å². The highest BCUT2D eigenvalue weighted by atomic mass is 32.2. The van der Waals surface area contributed by atoms with Crippen molar-refractivity contribution in [3.63, 3.8) is 0 Å². The van der Waals surface area contributed by atoms with Crippen LogP contribution in [0.2, 0.25) is 0 Å². The molecule has 1 aromatic heterocycles. The lowest BCUT2D eigenvalue weighted by Gasteiger charge is -2.25. The number of nitrogens with one attached hydrogen (secondary N) is 2. The van der Waals surface area contributed by atoms with Gasteiger partial charge in [-0.2, -0.15) is 0 Å². The summed E-state index contributed by atoms with van der Waals surface area (Å²) in [7, 11) is 3.10. The lowest BCUT2D eigenvalue weighted by molar-refractivity contribution is -0.116. The fourth-order valence-corrected chi connectivity index (χ4v) is 3.51. The third-order valence-corrected chi connectivity index (χ3v) is 4.95. The number of aromatic amines is 1. The van der Waals surface area contributed by atoms with Crippen LogP contribution in [-0.2, 0) is 4.79 Å². The third kappa shape index (κ3) is 3.45. The summed E-state index contributed by atoms with van der Waals surface area (Å²) < 4.78 is 10.6. The molecule has 0 unspecified atom stereocenters. The SMILES string of the molecule is C=CCSc1nc2c(c(=O)[nH]1)[C@@H](c1ccc(OC)c(OC)c1)CC(=O)N2. The normalized spacial score (nSPS) is 15.8. The number of anilines is 1. The number of nitrogens with zero attached hydrogens (tertiary/aromatic N) is 1. The van der Waals surface area contributed by atoms with Crippen molar-refractivity contribution >= 4 is 23.5 Å². The van der Waals surface area contributed by atoms with Gasteiger partial charge in [-0.15, -0.1) is 6.58 Å². The van der Waals surface area contributed by atoms with Crippen LogP contribution in [0.4, 0.5) is 5.82 Å². The van der Waals surface area contributed by atoms with Crippen molar-refractivity contribution < 1.29 is 14.3 Å². The van der Waals surface area contributed by atoms with Crippen LogP contribution in [0.25, 0.3) is 0 Å². The number of fused-ring (bicyclic) bond motifs is 1. The smallest absolute Gasteiger partial charge is 0.257 e. The van der Waals surface area contributed by atoms with Gasteiger partial charge in [0.25, 0.3) is 5.56 Å². The van der Waals surface area contributed by atoms with E-state index in [0.29, 0.717) is 33.8 Å². The first-order valence-electron chi connectivity index (χ1n) is 7.97. The number of H-pyrrole nitrogens is 1. The largest absolute Gasteiger partial charge is 0.493 e. The van der Waals surface area contributed by atoms with E-state index in [9.17, 15) is 9.59 Å². The van der Waals surface area contributed by atoms with Gasteiger partial charge in [0.15, 0.2) is 16.7 Å². The summed E-state index contributed by atoms with van der Waals surface area (Å²) in [5.74, 6) is 1.44. The van der Waals surface area contributed by atoms with Crippen LogP contribution in [0.15, 0.2) is 40.8 Å². The Labute approximate surface area is 154 Å². The summed E-state index contributed by atoms with van der Waals surface area (Å²) in [5, 5.41) is 3.15. The van der Waals surface area contributed by atoms with Crippen molar-refractivity contribution in [1.29, 1.82) is 0 Å². The van der Waals surface area contributed by atoms with Gasteiger partial charge in [0.1, 0.15) is 5.82 Å². The highest BCUT2D eigenvalue weighted by Crippen LogP contribution is 2.38. The fraction of sp³-hybridized carbons (Fsp3) is 0.278. The first kappa shape index (κ1) is 18.1. The second-order valence-electron chi connectivity index (χ2n) is 5.65. The minimum Gasteiger partial charge on any atom is -0.493 e. The zero-order chi connectivity index (χ0) is 18.7. The molecule has 2 heterocycles. The Hall–Kier alpha value is -2.74. The van der Waals surface area contributed by atoms with Crippen molar-refractivity contribution in [2.45, 2.75) is 17.5 Å². The number of methoxy groups -OCH3 is 2. The summed E-state index contributed by atoms with van der Waals surface area (Å²) in [6.07, 6.45) is 1.88. The number of rotatable bonds is 6. The molecule has 26 heavy (non-hydrogen) atoms. The Morgan fingerprint density at radius 2 is 2.08 bits per heavy atom. The molecule has 2 aromatic rings.